The number of nitrogens with one attached hydrogen (secondary N) is 1. The Morgan fingerprint density at radius 3 is 2.76 bits per heavy atom. The van der Waals surface area contributed by atoms with Crippen LogP contribution in [0.25, 0.3) is 22.0 Å². The molecule has 0 fully saturated rings. The number of hydrogen-bond donors (Lipinski definition) is 2. The summed E-state index contributed by atoms with van der Waals surface area (Å²) in [4.78, 5) is 35.3. The quantitative estimate of drug-likeness (QED) is 0.496. The van der Waals surface area contributed by atoms with E-state index in [4.69, 9.17) is 5.73 Å². The van der Waals surface area contributed by atoms with E-state index in [0.29, 0.717) is 17.8 Å². The van der Waals surface area contributed by atoms with Crippen molar-refractivity contribution in [2.24, 2.45) is 0 Å². The predicted octanol–water partition coefficient (Wildman–Crippen LogP) is 4.35. The SMILES string of the molecule is CC(=O)N1CCc2cccc(NC(=O)c3ccc(C)c(-c4ccc5nc(N)ncc5c4)c3)c21. The number of aromatic nitrogens is 2. The largest absolute Gasteiger partial charge is 0.368 e. The molecule has 3 N–H and O–H groups in total. The van der Waals surface area contributed by atoms with Gasteiger partial charge >= 0.3 is 0 Å². The number of anilines is 3. The predicted molar refractivity (Wildman–Crippen MR) is 130 cm³/mol. The third-order valence-corrected chi connectivity index (χ3v) is 6.03. The fourth-order valence-electron chi connectivity index (χ4n) is 4.36. The van der Waals surface area contributed by atoms with Gasteiger partial charge in [-0.15, -0.1) is 0 Å². The molecule has 0 unspecified atom stereocenters. The number of para-hydroxylation sites is 1. The van der Waals surface area contributed by atoms with Gasteiger partial charge in [-0.1, -0.05) is 24.3 Å². The number of carbonyl (C=O) groups excluding carboxylic acids is 2. The van der Waals surface area contributed by atoms with Crippen molar-refractivity contribution in [1.82, 2.24) is 9.97 Å². The van der Waals surface area contributed by atoms with Crippen LogP contribution in [-0.4, -0.2) is 28.3 Å². The van der Waals surface area contributed by atoms with Gasteiger partial charge in [-0.05, 0) is 65.9 Å². The monoisotopic (exact) mass is 437 g/mol. The average molecular weight is 438 g/mol. The number of nitrogens with two attached hydrogens (primary N) is 1. The fourth-order valence-corrected chi connectivity index (χ4v) is 4.36. The lowest BCUT2D eigenvalue weighted by molar-refractivity contribution is -0.116. The van der Waals surface area contributed by atoms with E-state index in [1.807, 2.05) is 61.5 Å². The minimum absolute atomic E-state index is 0.0323. The molecule has 0 saturated carbocycles. The summed E-state index contributed by atoms with van der Waals surface area (Å²) in [6, 6.07) is 17.2. The molecule has 1 aliphatic heterocycles. The summed E-state index contributed by atoms with van der Waals surface area (Å²) in [5, 5.41) is 3.89. The molecule has 1 aliphatic rings. The Kier molecular flexibility index (Phi) is 5.01. The lowest BCUT2D eigenvalue weighted by Gasteiger charge is -2.19. The summed E-state index contributed by atoms with van der Waals surface area (Å²) < 4.78 is 0. The molecule has 0 spiro atoms. The zero-order valence-electron chi connectivity index (χ0n) is 18.4. The first kappa shape index (κ1) is 20.6. The van der Waals surface area contributed by atoms with Crippen LogP contribution in [0.5, 0.6) is 0 Å². The summed E-state index contributed by atoms with van der Waals surface area (Å²) in [7, 11) is 0. The summed E-state index contributed by atoms with van der Waals surface area (Å²) >= 11 is 0. The van der Waals surface area contributed by atoms with Crippen LogP contribution in [0.1, 0.15) is 28.4 Å². The summed E-state index contributed by atoms with van der Waals surface area (Å²) in [6.45, 7) is 4.18. The molecule has 2 amide bonds. The van der Waals surface area contributed by atoms with Gasteiger partial charge in [0, 0.05) is 30.6 Å². The number of carbonyl (C=O) groups is 2. The Hall–Kier alpha value is -4.26. The third kappa shape index (κ3) is 3.78. The van der Waals surface area contributed by atoms with Gasteiger partial charge in [0.1, 0.15) is 0 Å². The van der Waals surface area contributed by atoms with Crippen molar-refractivity contribution in [1.29, 1.82) is 0 Å². The summed E-state index contributed by atoms with van der Waals surface area (Å²) in [5.41, 5.74) is 12.4. The molecule has 0 aliphatic carbocycles. The van der Waals surface area contributed by atoms with Gasteiger partial charge in [0.15, 0.2) is 0 Å². The molecular formula is C26H23N5O2. The molecule has 33 heavy (non-hydrogen) atoms. The first-order valence-corrected chi connectivity index (χ1v) is 10.8. The van der Waals surface area contributed by atoms with Crippen molar-refractivity contribution in [3.63, 3.8) is 0 Å². The molecule has 3 aromatic carbocycles. The topological polar surface area (TPSA) is 101 Å². The lowest BCUT2D eigenvalue weighted by atomic mass is 9.97. The number of rotatable bonds is 3. The number of hydrogen-bond acceptors (Lipinski definition) is 5. The van der Waals surface area contributed by atoms with Crippen LogP contribution in [0.3, 0.4) is 0 Å². The van der Waals surface area contributed by atoms with E-state index in [9.17, 15) is 9.59 Å². The molecule has 7 heteroatoms. The number of benzene rings is 3. The van der Waals surface area contributed by atoms with Crippen molar-refractivity contribution >= 4 is 40.0 Å². The molecule has 4 aromatic rings. The maximum Gasteiger partial charge on any atom is 0.255 e. The van der Waals surface area contributed by atoms with E-state index in [-0.39, 0.29) is 17.8 Å². The number of nitrogens with zero attached hydrogens (tertiary/aromatic N) is 3. The van der Waals surface area contributed by atoms with Crippen LogP contribution < -0.4 is 16.0 Å². The maximum absolute atomic E-state index is 13.2. The number of nitrogen functional groups attached to an aromatic ring is 1. The lowest BCUT2D eigenvalue weighted by Crippen LogP contribution is -2.27. The minimum Gasteiger partial charge on any atom is -0.368 e. The van der Waals surface area contributed by atoms with Gasteiger partial charge < -0.3 is 16.0 Å². The Morgan fingerprint density at radius 1 is 1.09 bits per heavy atom. The first-order valence-electron chi connectivity index (χ1n) is 10.8. The van der Waals surface area contributed by atoms with Crippen LogP contribution in [0.15, 0.2) is 60.8 Å². The van der Waals surface area contributed by atoms with Gasteiger partial charge in [-0.25, -0.2) is 9.97 Å². The van der Waals surface area contributed by atoms with Gasteiger partial charge in [-0.2, -0.15) is 0 Å². The van der Waals surface area contributed by atoms with Crippen molar-refractivity contribution in [2.75, 3.05) is 22.5 Å². The van der Waals surface area contributed by atoms with Crippen LogP contribution in [-0.2, 0) is 11.2 Å². The molecule has 164 valence electrons. The Morgan fingerprint density at radius 2 is 1.94 bits per heavy atom. The Balaban J connectivity index is 1.48. The standard InChI is InChI=1S/C26H23N5O2/c1-15-6-7-19(13-21(15)18-8-9-22-20(12-18)14-28-26(27)30-22)25(33)29-23-5-3-4-17-10-11-31(16(2)32)24(17)23/h3-9,12-14H,10-11H2,1-2H3,(H,29,33)(H2,27,28,30). The molecule has 5 rings (SSSR count). The highest BCUT2D eigenvalue weighted by Gasteiger charge is 2.26. The minimum atomic E-state index is -0.225. The van der Waals surface area contributed by atoms with Crippen molar-refractivity contribution in [3.8, 4) is 11.1 Å². The van der Waals surface area contributed by atoms with Gasteiger partial charge in [0.2, 0.25) is 11.9 Å². The smallest absolute Gasteiger partial charge is 0.255 e. The van der Waals surface area contributed by atoms with Crippen LogP contribution >= 0.6 is 0 Å². The molecule has 2 heterocycles. The normalized spacial score (nSPS) is 12.6. The van der Waals surface area contributed by atoms with Gasteiger partial charge in [-0.3, -0.25) is 9.59 Å². The van der Waals surface area contributed by atoms with E-state index in [1.165, 1.54) is 0 Å². The molecular weight excluding hydrogens is 414 g/mol. The van der Waals surface area contributed by atoms with E-state index in [1.54, 1.807) is 18.0 Å². The van der Waals surface area contributed by atoms with Crippen molar-refractivity contribution in [2.45, 2.75) is 20.3 Å². The molecule has 0 atom stereocenters. The second-order valence-electron chi connectivity index (χ2n) is 8.22. The van der Waals surface area contributed by atoms with Crippen LogP contribution in [0.2, 0.25) is 0 Å². The van der Waals surface area contributed by atoms with Crippen LogP contribution in [0.4, 0.5) is 17.3 Å². The second-order valence-corrected chi connectivity index (χ2v) is 8.22. The Bertz CT molecular complexity index is 1430. The Labute approximate surface area is 191 Å². The zero-order chi connectivity index (χ0) is 23.1. The number of fused-ring (bicyclic) bond motifs is 2. The van der Waals surface area contributed by atoms with E-state index < -0.39 is 0 Å². The van der Waals surface area contributed by atoms with Gasteiger partial charge in [0.05, 0.1) is 16.9 Å². The zero-order valence-corrected chi connectivity index (χ0v) is 18.4. The third-order valence-electron chi connectivity index (χ3n) is 6.03. The summed E-state index contributed by atoms with van der Waals surface area (Å²) in [5.74, 6) is -0.0205. The molecule has 7 nitrogen and oxygen atoms in total. The van der Waals surface area contributed by atoms with Crippen molar-refractivity contribution < 1.29 is 9.59 Å². The highest BCUT2D eigenvalue weighted by molar-refractivity contribution is 6.09. The van der Waals surface area contributed by atoms with E-state index >= 15 is 0 Å². The van der Waals surface area contributed by atoms with Crippen LogP contribution in [0, 0.1) is 6.92 Å². The molecule has 1 aromatic heterocycles. The summed E-state index contributed by atoms with van der Waals surface area (Å²) in [6.07, 6.45) is 2.48. The highest BCUT2D eigenvalue weighted by atomic mass is 16.2. The second kappa shape index (κ2) is 8.02. The van der Waals surface area contributed by atoms with Gasteiger partial charge in [0.25, 0.3) is 5.91 Å². The molecule has 0 saturated heterocycles. The van der Waals surface area contributed by atoms with E-state index in [0.717, 1.165) is 45.3 Å². The highest BCUT2D eigenvalue weighted by Crippen LogP contribution is 2.36. The maximum atomic E-state index is 13.2. The number of aryl methyl sites for hydroxylation is 1. The molecule has 0 bridgehead atoms. The van der Waals surface area contributed by atoms with Crippen molar-refractivity contribution in [3.05, 3.63) is 77.5 Å². The number of amides is 2. The molecule has 0 radical (unpaired) electrons. The average Bonchev–Trinajstić information content (AvgIpc) is 3.25. The first-order chi connectivity index (χ1) is 15.9. The fraction of sp³-hybridized carbons (Fsp3) is 0.154. The van der Waals surface area contributed by atoms with E-state index in [2.05, 4.69) is 15.3 Å².